The lowest BCUT2D eigenvalue weighted by molar-refractivity contribution is -0.119. The maximum Gasteiger partial charge on any atom is 0.348 e. The third-order valence-corrected chi connectivity index (χ3v) is 6.93. The Morgan fingerprint density at radius 1 is 1.19 bits per heavy atom. The first-order chi connectivity index (χ1) is 14.8. The zero-order chi connectivity index (χ0) is 22.1. The number of ether oxygens (including phenoxy) is 1. The third-order valence-electron chi connectivity index (χ3n) is 4.37. The molecule has 0 saturated carbocycles. The molecule has 1 N–H and O–H groups in total. The van der Waals surface area contributed by atoms with Crippen molar-refractivity contribution in [3.63, 3.8) is 0 Å². The van der Waals surface area contributed by atoms with Gasteiger partial charge in [0.15, 0.2) is 6.61 Å². The monoisotopic (exact) mass is 581 g/mol. The molecule has 31 heavy (non-hydrogen) atoms. The molecule has 0 saturated heterocycles. The number of aryl methyl sites for hydroxylation is 1. The molecule has 0 fully saturated rings. The van der Waals surface area contributed by atoms with Gasteiger partial charge in [-0.15, -0.1) is 11.3 Å². The van der Waals surface area contributed by atoms with E-state index >= 15 is 0 Å². The smallest absolute Gasteiger partial charge is 0.348 e. The number of nitrogens with one attached hydrogen (secondary N) is 1. The number of amides is 1. The van der Waals surface area contributed by atoms with Crippen molar-refractivity contribution in [2.75, 3.05) is 11.9 Å². The van der Waals surface area contributed by atoms with Crippen LogP contribution in [0.3, 0.4) is 0 Å². The van der Waals surface area contributed by atoms with Crippen molar-refractivity contribution in [3.8, 4) is 5.69 Å². The Morgan fingerprint density at radius 2 is 1.97 bits per heavy atom. The van der Waals surface area contributed by atoms with E-state index in [1.807, 2.05) is 31.2 Å². The first-order valence-corrected chi connectivity index (χ1v) is 11.8. The minimum Gasteiger partial charge on any atom is -0.451 e. The van der Waals surface area contributed by atoms with E-state index in [4.69, 9.17) is 16.3 Å². The summed E-state index contributed by atoms with van der Waals surface area (Å²) in [5.74, 6) is -1.01. The number of halogens is 3. The normalized spacial score (nSPS) is 11.0. The maximum absolute atomic E-state index is 12.5. The van der Waals surface area contributed by atoms with E-state index < -0.39 is 18.5 Å². The van der Waals surface area contributed by atoms with E-state index in [-0.39, 0.29) is 0 Å². The molecule has 4 rings (SSSR count). The molecule has 2 heterocycles. The molecule has 158 valence electrons. The summed E-state index contributed by atoms with van der Waals surface area (Å²) in [7, 11) is 0. The topological polar surface area (TPSA) is 73.2 Å². The Balaban J connectivity index is 1.49. The number of carbonyl (C=O) groups excluding carboxylic acids is 2. The zero-order valence-corrected chi connectivity index (χ0v) is 20.7. The van der Waals surface area contributed by atoms with E-state index in [1.54, 1.807) is 28.9 Å². The molecule has 10 heteroatoms. The highest BCUT2D eigenvalue weighted by atomic mass is 79.9. The van der Waals surface area contributed by atoms with Gasteiger partial charge in [0.05, 0.1) is 22.1 Å². The van der Waals surface area contributed by atoms with Crippen LogP contribution in [0, 0.1) is 6.92 Å². The largest absolute Gasteiger partial charge is 0.451 e. The van der Waals surface area contributed by atoms with Crippen LogP contribution in [0.5, 0.6) is 0 Å². The molecule has 0 spiro atoms. The molecular weight excluding hydrogens is 570 g/mol. The average molecular weight is 584 g/mol. The van der Waals surface area contributed by atoms with Gasteiger partial charge < -0.3 is 10.1 Å². The van der Waals surface area contributed by atoms with E-state index in [0.29, 0.717) is 20.1 Å². The number of benzene rings is 2. The van der Waals surface area contributed by atoms with Crippen LogP contribution in [-0.4, -0.2) is 28.3 Å². The number of esters is 1. The van der Waals surface area contributed by atoms with Crippen molar-refractivity contribution < 1.29 is 14.3 Å². The Bertz CT molecular complexity index is 1320. The van der Waals surface area contributed by atoms with E-state index in [0.717, 1.165) is 26.1 Å². The quantitative estimate of drug-likeness (QED) is 0.277. The number of hydrogen-bond acceptors (Lipinski definition) is 5. The summed E-state index contributed by atoms with van der Waals surface area (Å²) in [6.07, 6.45) is 0. The number of para-hydroxylation sites is 1. The molecule has 0 aliphatic carbocycles. The summed E-state index contributed by atoms with van der Waals surface area (Å²) in [4.78, 5) is 25.9. The van der Waals surface area contributed by atoms with Crippen molar-refractivity contribution in [2.24, 2.45) is 0 Å². The average Bonchev–Trinajstić information content (AvgIpc) is 3.30. The number of nitrogens with zero attached hydrogens (tertiary/aromatic N) is 2. The molecule has 0 aliphatic rings. The van der Waals surface area contributed by atoms with Gasteiger partial charge in [0.2, 0.25) is 0 Å². The highest BCUT2D eigenvalue weighted by molar-refractivity contribution is 9.11. The Morgan fingerprint density at radius 3 is 2.71 bits per heavy atom. The molecule has 0 atom stereocenters. The fourth-order valence-corrected chi connectivity index (χ4v) is 5.35. The molecule has 6 nitrogen and oxygen atoms in total. The first-order valence-electron chi connectivity index (χ1n) is 8.99. The molecule has 0 aliphatic heterocycles. The van der Waals surface area contributed by atoms with Gasteiger partial charge >= 0.3 is 5.97 Å². The number of hydrogen-bond donors (Lipinski definition) is 1. The van der Waals surface area contributed by atoms with Crippen LogP contribution in [0.4, 0.5) is 5.69 Å². The van der Waals surface area contributed by atoms with Crippen molar-refractivity contribution in [1.29, 1.82) is 0 Å². The van der Waals surface area contributed by atoms with Gasteiger partial charge in [0, 0.05) is 14.3 Å². The highest BCUT2D eigenvalue weighted by Crippen LogP contribution is 2.32. The molecule has 2 aromatic carbocycles. The van der Waals surface area contributed by atoms with Crippen molar-refractivity contribution in [2.45, 2.75) is 6.92 Å². The third kappa shape index (κ3) is 4.69. The lowest BCUT2D eigenvalue weighted by atomic mass is 10.3. The summed E-state index contributed by atoms with van der Waals surface area (Å²) in [5, 5.41) is 8.63. The van der Waals surface area contributed by atoms with Gasteiger partial charge in [-0.2, -0.15) is 5.10 Å². The highest BCUT2D eigenvalue weighted by Gasteiger charge is 2.20. The Hall–Kier alpha value is -2.20. The summed E-state index contributed by atoms with van der Waals surface area (Å²) in [6.45, 7) is 1.46. The number of fused-ring (bicyclic) bond motifs is 1. The molecule has 0 radical (unpaired) electrons. The SMILES string of the molecule is Cc1nn(-c2ccccc2Cl)c2sc(C(=O)OCC(=O)Nc3ccc(Br)cc3Br)cc12. The summed E-state index contributed by atoms with van der Waals surface area (Å²) in [5.41, 5.74) is 2.08. The summed E-state index contributed by atoms with van der Waals surface area (Å²) in [6, 6.07) is 14.4. The number of anilines is 1. The van der Waals surface area contributed by atoms with Crippen LogP contribution in [0.2, 0.25) is 5.02 Å². The molecule has 1 amide bonds. The Kier molecular flexibility index (Phi) is 6.47. The lowest BCUT2D eigenvalue weighted by Crippen LogP contribution is -2.20. The minimum atomic E-state index is -0.573. The second kappa shape index (κ2) is 9.12. The number of carbonyl (C=O) groups is 2. The van der Waals surface area contributed by atoms with Crippen LogP contribution >= 0.6 is 54.8 Å². The number of rotatable bonds is 5. The molecule has 2 aromatic heterocycles. The van der Waals surface area contributed by atoms with Gasteiger partial charge in [-0.25, -0.2) is 9.48 Å². The van der Waals surface area contributed by atoms with Crippen LogP contribution in [0.25, 0.3) is 15.9 Å². The lowest BCUT2D eigenvalue weighted by Gasteiger charge is -2.08. The van der Waals surface area contributed by atoms with E-state index in [2.05, 4.69) is 42.3 Å². The fourth-order valence-electron chi connectivity index (χ4n) is 2.91. The van der Waals surface area contributed by atoms with Crippen molar-refractivity contribution in [3.05, 3.63) is 73.1 Å². The number of aromatic nitrogens is 2. The van der Waals surface area contributed by atoms with Crippen LogP contribution < -0.4 is 5.32 Å². The molecular formula is C21H14Br2ClN3O3S. The zero-order valence-electron chi connectivity index (χ0n) is 16.0. The minimum absolute atomic E-state index is 0.383. The van der Waals surface area contributed by atoms with Crippen LogP contribution in [-0.2, 0) is 9.53 Å². The van der Waals surface area contributed by atoms with Gasteiger partial charge in [0.1, 0.15) is 9.71 Å². The van der Waals surface area contributed by atoms with Gasteiger partial charge in [-0.05, 0) is 59.3 Å². The summed E-state index contributed by atoms with van der Waals surface area (Å²) >= 11 is 14.3. The second-order valence-corrected chi connectivity index (χ2v) is 9.73. The molecule has 0 bridgehead atoms. The van der Waals surface area contributed by atoms with Gasteiger partial charge in [0.25, 0.3) is 5.91 Å². The van der Waals surface area contributed by atoms with Crippen LogP contribution in [0.1, 0.15) is 15.4 Å². The summed E-state index contributed by atoms with van der Waals surface area (Å²) < 4.78 is 8.52. The maximum atomic E-state index is 12.5. The van der Waals surface area contributed by atoms with E-state index in [1.165, 1.54) is 11.3 Å². The van der Waals surface area contributed by atoms with Gasteiger partial charge in [-0.1, -0.05) is 39.7 Å². The van der Waals surface area contributed by atoms with Crippen molar-refractivity contribution >= 4 is 82.6 Å². The predicted octanol–water partition coefficient (Wildman–Crippen LogP) is 6.37. The molecule has 4 aromatic rings. The predicted molar refractivity (Wildman–Crippen MR) is 129 cm³/mol. The second-order valence-electron chi connectivity index (χ2n) is 6.53. The van der Waals surface area contributed by atoms with Gasteiger partial charge in [-0.3, -0.25) is 4.79 Å². The van der Waals surface area contributed by atoms with E-state index in [9.17, 15) is 9.59 Å². The standard InChI is InChI=1S/C21H14Br2ClN3O3S/c1-11-13-9-18(31-20(13)27(26-11)17-5-3-2-4-15(17)24)21(29)30-10-19(28)25-16-7-6-12(22)8-14(16)23/h2-9H,10H2,1H3,(H,25,28). The van der Waals surface area contributed by atoms with Crippen molar-refractivity contribution in [1.82, 2.24) is 9.78 Å². The molecule has 0 unspecified atom stereocenters. The first kappa shape index (κ1) is 22.0. The van der Waals surface area contributed by atoms with Crippen LogP contribution in [0.15, 0.2) is 57.5 Å². The fraction of sp³-hybridized carbons (Fsp3) is 0.0952. The number of thiophene rings is 1. The Labute approximate surface area is 203 Å².